The molecule has 0 atom stereocenters. The van der Waals surface area contributed by atoms with Crippen LogP contribution in [-0.2, 0) is 4.79 Å². The number of para-hydroxylation sites is 1. The van der Waals surface area contributed by atoms with E-state index < -0.39 is 0 Å². The summed E-state index contributed by atoms with van der Waals surface area (Å²) in [5.74, 6) is 0.564. The number of carbonyl (C=O) groups excluding carboxylic acids is 2. The Kier molecular flexibility index (Phi) is 5.56. The number of rotatable bonds is 4. The van der Waals surface area contributed by atoms with Gasteiger partial charge in [0.1, 0.15) is 0 Å². The van der Waals surface area contributed by atoms with Gasteiger partial charge in [-0.3, -0.25) is 4.79 Å². The zero-order valence-corrected chi connectivity index (χ0v) is 15.9. The summed E-state index contributed by atoms with van der Waals surface area (Å²) < 4.78 is 5.27. The Balaban J connectivity index is 1.27. The second-order valence-electron chi connectivity index (χ2n) is 6.99. The van der Waals surface area contributed by atoms with Crippen molar-refractivity contribution in [2.45, 2.75) is 12.8 Å². The summed E-state index contributed by atoms with van der Waals surface area (Å²) >= 11 is 0. The van der Waals surface area contributed by atoms with Crippen LogP contribution in [-0.4, -0.2) is 34.9 Å². The third kappa shape index (κ3) is 4.63. The maximum Gasteiger partial charge on any atom is 0.321 e. The number of hydrogen-bond acceptors (Lipinski definition) is 4. The van der Waals surface area contributed by atoms with Gasteiger partial charge in [-0.2, -0.15) is 0 Å². The molecule has 1 fully saturated rings. The lowest BCUT2D eigenvalue weighted by Gasteiger charge is -2.31. The summed E-state index contributed by atoms with van der Waals surface area (Å²) in [5, 5.41) is 5.85. The number of carbonyl (C=O) groups is 2. The van der Waals surface area contributed by atoms with Gasteiger partial charge in [-0.1, -0.05) is 18.2 Å². The van der Waals surface area contributed by atoms with Gasteiger partial charge in [0.15, 0.2) is 12.2 Å². The predicted octanol–water partition coefficient (Wildman–Crippen LogP) is 4.22. The highest BCUT2D eigenvalue weighted by Crippen LogP contribution is 2.23. The SMILES string of the molecule is O=C(Nc1ccc(-c2cnco2)cc1)C1CCN(C(=O)Nc2ccccc2)CC1. The minimum atomic E-state index is -0.127. The standard InChI is InChI=1S/C22H22N4O3/c27-21(24-19-8-6-16(7-9-19)20-14-23-15-29-20)17-10-12-26(13-11-17)22(28)25-18-4-2-1-3-5-18/h1-9,14-15,17H,10-13H2,(H,24,27)(H,25,28). The molecule has 29 heavy (non-hydrogen) atoms. The molecule has 2 aromatic carbocycles. The molecule has 0 spiro atoms. The van der Waals surface area contributed by atoms with Crippen molar-refractivity contribution in [3.63, 3.8) is 0 Å². The zero-order chi connectivity index (χ0) is 20.1. The Hall–Kier alpha value is -3.61. The second-order valence-corrected chi connectivity index (χ2v) is 6.99. The van der Waals surface area contributed by atoms with Crippen molar-refractivity contribution >= 4 is 23.3 Å². The highest BCUT2D eigenvalue weighted by molar-refractivity contribution is 5.93. The van der Waals surface area contributed by atoms with E-state index in [4.69, 9.17) is 4.42 Å². The maximum absolute atomic E-state index is 12.6. The predicted molar refractivity (Wildman–Crippen MR) is 110 cm³/mol. The summed E-state index contributed by atoms with van der Waals surface area (Å²) in [6.45, 7) is 1.11. The van der Waals surface area contributed by atoms with Gasteiger partial charge in [0, 0.05) is 35.9 Å². The minimum absolute atomic E-state index is 0.0134. The molecule has 2 N–H and O–H groups in total. The van der Waals surface area contributed by atoms with Gasteiger partial charge in [0.05, 0.1) is 6.20 Å². The van der Waals surface area contributed by atoms with Crippen LogP contribution >= 0.6 is 0 Å². The summed E-state index contributed by atoms with van der Waals surface area (Å²) in [6.07, 6.45) is 4.32. The van der Waals surface area contributed by atoms with E-state index in [9.17, 15) is 9.59 Å². The third-order valence-electron chi connectivity index (χ3n) is 5.05. The number of urea groups is 1. The smallest absolute Gasteiger partial charge is 0.321 e. The molecular formula is C22H22N4O3. The van der Waals surface area contributed by atoms with Crippen LogP contribution < -0.4 is 10.6 Å². The van der Waals surface area contributed by atoms with Crippen molar-refractivity contribution in [2.24, 2.45) is 5.92 Å². The molecule has 4 rings (SSSR count). The first-order valence-electron chi connectivity index (χ1n) is 9.60. The van der Waals surface area contributed by atoms with E-state index in [1.165, 1.54) is 6.39 Å². The van der Waals surface area contributed by atoms with Gasteiger partial charge >= 0.3 is 6.03 Å². The van der Waals surface area contributed by atoms with Gasteiger partial charge in [0.2, 0.25) is 5.91 Å². The second kappa shape index (κ2) is 8.60. The molecule has 1 aliphatic heterocycles. The third-order valence-corrected chi connectivity index (χ3v) is 5.05. The van der Waals surface area contributed by atoms with Crippen LogP contribution in [0.3, 0.4) is 0 Å². The highest BCUT2D eigenvalue weighted by atomic mass is 16.3. The van der Waals surface area contributed by atoms with Gasteiger partial charge < -0.3 is 20.0 Å². The molecule has 0 unspecified atom stereocenters. The van der Waals surface area contributed by atoms with Crippen molar-refractivity contribution in [3.8, 4) is 11.3 Å². The van der Waals surface area contributed by atoms with Crippen LogP contribution in [0, 0.1) is 5.92 Å². The number of nitrogens with zero attached hydrogens (tertiary/aromatic N) is 2. The average molecular weight is 390 g/mol. The molecule has 1 aliphatic rings. The van der Waals surface area contributed by atoms with E-state index in [0.717, 1.165) is 16.9 Å². The lowest BCUT2D eigenvalue weighted by Crippen LogP contribution is -2.43. The van der Waals surface area contributed by atoms with Crippen molar-refractivity contribution in [2.75, 3.05) is 23.7 Å². The van der Waals surface area contributed by atoms with E-state index in [1.54, 1.807) is 11.1 Å². The molecule has 0 bridgehead atoms. The first-order chi connectivity index (χ1) is 14.2. The van der Waals surface area contributed by atoms with Gasteiger partial charge in [-0.25, -0.2) is 9.78 Å². The number of amides is 3. The Morgan fingerprint density at radius 3 is 2.28 bits per heavy atom. The quantitative estimate of drug-likeness (QED) is 0.698. The number of piperidine rings is 1. The van der Waals surface area contributed by atoms with Gasteiger partial charge in [0.25, 0.3) is 0 Å². The van der Waals surface area contributed by atoms with E-state index in [1.807, 2.05) is 54.6 Å². The highest BCUT2D eigenvalue weighted by Gasteiger charge is 2.27. The van der Waals surface area contributed by atoms with Crippen molar-refractivity contribution in [3.05, 3.63) is 67.2 Å². The van der Waals surface area contributed by atoms with E-state index in [2.05, 4.69) is 15.6 Å². The molecule has 2 heterocycles. The first-order valence-corrected chi connectivity index (χ1v) is 9.60. The molecule has 3 amide bonds. The van der Waals surface area contributed by atoms with Gasteiger partial charge in [-0.15, -0.1) is 0 Å². The van der Waals surface area contributed by atoms with Crippen molar-refractivity contribution < 1.29 is 14.0 Å². The molecule has 3 aromatic rings. The van der Waals surface area contributed by atoms with Crippen LogP contribution in [0.5, 0.6) is 0 Å². The monoisotopic (exact) mass is 390 g/mol. The number of nitrogens with one attached hydrogen (secondary N) is 2. The Labute approximate surface area is 168 Å². The number of aromatic nitrogens is 1. The minimum Gasteiger partial charge on any atom is -0.444 e. The van der Waals surface area contributed by atoms with Crippen LogP contribution in [0.15, 0.2) is 71.6 Å². The normalized spacial score (nSPS) is 14.4. The number of hydrogen-bond donors (Lipinski definition) is 2. The fraction of sp³-hybridized carbons (Fsp3) is 0.227. The molecule has 148 valence electrons. The largest absolute Gasteiger partial charge is 0.444 e. The molecule has 7 heteroatoms. The fourth-order valence-electron chi connectivity index (χ4n) is 3.39. The molecule has 0 saturated carbocycles. The van der Waals surface area contributed by atoms with Crippen LogP contribution in [0.2, 0.25) is 0 Å². The molecular weight excluding hydrogens is 368 g/mol. The summed E-state index contributed by atoms with van der Waals surface area (Å²) in [6, 6.07) is 16.7. The first kappa shape index (κ1) is 18.7. The number of benzene rings is 2. The number of anilines is 2. The summed E-state index contributed by atoms with van der Waals surface area (Å²) in [4.78, 5) is 30.6. The van der Waals surface area contributed by atoms with Crippen LogP contribution in [0.4, 0.5) is 16.2 Å². The Bertz CT molecular complexity index is 947. The summed E-state index contributed by atoms with van der Waals surface area (Å²) in [7, 11) is 0. The number of oxazole rings is 1. The average Bonchev–Trinajstić information content (AvgIpc) is 3.30. The molecule has 0 aliphatic carbocycles. The Morgan fingerprint density at radius 1 is 0.931 bits per heavy atom. The summed E-state index contributed by atoms with van der Waals surface area (Å²) in [5.41, 5.74) is 2.41. The maximum atomic E-state index is 12.6. The topological polar surface area (TPSA) is 87.5 Å². The molecule has 0 radical (unpaired) electrons. The van der Waals surface area contributed by atoms with Gasteiger partial charge in [-0.05, 0) is 49.2 Å². The molecule has 1 aromatic heterocycles. The van der Waals surface area contributed by atoms with Crippen molar-refractivity contribution in [1.82, 2.24) is 9.88 Å². The lowest BCUT2D eigenvalue weighted by molar-refractivity contribution is -0.121. The molecule has 1 saturated heterocycles. The Morgan fingerprint density at radius 2 is 1.62 bits per heavy atom. The molecule has 7 nitrogen and oxygen atoms in total. The van der Waals surface area contributed by atoms with E-state index >= 15 is 0 Å². The fourth-order valence-corrected chi connectivity index (χ4v) is 3.39. The van der Waals surface area contributed by atoms with Crippen molar-refractivity contribution in [1.29, 1.82) is 0 Å². The van der Waals surface area contributed by atoms with E-state index in [0.29, 0.717) is 31.7 Å². The van der Waals surface area contributed by atoms with Crippen LogP contribution in [0.25, 0.3) is 11.3 Å². The van der Waals surface area contributed by atoms with E-state index in [-0.39, 0.29) is 17.9 Å². The lowest BCUT2D eigenvalue weighted by atomic mass is 9.96. The number of likely N-dealkylation sites (tertiary alicyclic amines) is 1. The zero-order valence-electron chi connectivity index (χ0n) is 15.9. The van der Waals surface area contributed by atoms with Crippen LogP contribution in [0.1, 0.15) is 12.8 Å².